The Labute approximate surface area is 240 Å². The highest BCUT2D eigenvalue weighted by Crippen LogP contribution is 2.60. The zero-order valence-corrected chi connectivity index (χ0v) is 27.8. The van der Waals surface area contributed by atoms with Gasteiger partial charge in [-0.15, -0.1) is 6.58 Å². The number of hydrogen-bond donors (Lipinski definition) is 1. The van der Waals surface area contributed by atoms with E-state index in [9.17, 15) is 0 Å². The second-order valence-electron chi connectivity index (χ2n) is 9.83. The van der Waals surface area contributed by atoms with Gasteiger partial charge in [0.25, 0.3) is 0 Å². The highest BCUT2D eigenvalue weighted by Gasteiger charge is 2.49. The van der Waals surface area contributed by atoms with E-state index in [4.69, 9.17) is 4.74 Å². The second-order valence-corrected chi connectivity index (χ2v) is 9.83. The van der Waals surface area contributed by atoms with Crippen LogP contribution >= 0.6 is 0 Å². The molecule has 0 atom stereocenters. The van der Waals surface area contributed by atoms with Crippen LogP contribution in [0, 0.1) is 10.8 Å². The third-order valence-electron chi connectivity index (χ3n) is 6.93. The van der Waals surface area contributed by atoms with Crippen molar-refractivity contribution in [3.8, 4) is 0 Å². The minimum Gasteiger partial charge on any atom is -0.501 e. The Morgan fingerprint density at radius 3 is 1.55 bits per heavy atom. The molecule has 224 valence electrons. The van der Waals surface area contributed by atoms with Crippen LogP contribution in [0.25, 0.3) is 0 Å². The average molecular weight is 533 g/mol. The third-order valence-corrected chi connectivity index (χ3v) is 6.93. The number of hydrogen-bond acceptors (Lipinski definition) is 3. The van der Waals surface area contributed by atoms with Gasteiger partial charge in [-0.2, -0.15) is 0 Å². The van der Waals surface area contributed by atoms with Gasteiger partial charge in [-0.05, 0) is 111 Å². The first-order chi connectivity index (χ1) is 18.0. The minimum absolute atomic E-state index is 0.330. The molecular weight excluding hydrogens is 464 g/mol. The summed E-state index contributed by atoms with van der Waals surface area (Å²) in [4.78, 5) is 3.85. The SMILES string of the molecule is C=C(C)CC.C=C(OC)C12CCC(CCNC)(CC1)CC2.C=CC(=C)CC(=C)C.CC.CC.CC=NCC. The quantitative estimate of drug-likeness (QED) is 0.131. The van der Waals surface area contributed by atoms with Crippen LogP contribution in [0.4, 0.5) is 0 Å². The fraction of sp³-hybridized carbons (Fsp3) is 0.686. The standard InChI is InChI=1S/C14H25NO.C8H12.C5H10.C4H9N.2C2H6/c1-12(16-3)14-7-4-13(5-8-14,6-9-14)10-11-15-2;1-5-8(4)6-7(2)3;1-4-5(2)3;1-3-5-4-2;2*1-2/h15H,1,4-11H2,2-3H3;5H,1-2,4,6H2,3H3;2,4H2,1,3H3;3H,4H2,1-2H3;2*1-2H3. The Balaban J connectivity index is -0.000000222. The first-order valence-electron chi connectivity index (χ1n) is 14.9. The van der Waals surface area contributed by atoms with Gasteiger partial charge in [0, 0.05) is 12.0 Å². The van der Waals surface area contributed by atoms with Crippen LogP contribution in [0.2, 0.25) is 0 Å². The molecule has 3 aliphatic carbocycles. The molecule has 3 saturated carbocycles. The van der Waals surface area contributed by atoms with Crippen LogP contribution in [0.5, 0.6) is 0 Å². The van der Waals surface area contributed by atoms with E-state index in [1.54, 1.807) is 19.4 Å². The fourth-order valence-electron chi connectivity index (χ4n) is 4.31. The zero-order chi connectivity index (χ0) is 30.6. The molecule has 0 aromatic rings. The molecule has 3 rings (SSSR count). The van der Waals surface area contributed by atoms with Crippen LogP contribution in [0.1, 0.15) is 120 Å². The molecule has 0 aromatic carbocycles. The Bertz CT molecular complexity index is 632. The maximum absolute atomic E-state index is 5.42. The predicted molar refractivity (Wildman–Crippen MR) is 179 cm³/mol. The summed E-state index contributed by atoms with van der Waals surface area (Å²) in [6.07, 6.45) is 14.9. The molecule has 1 N–H and O–H groups in total. The molecule has 0 aliphatic heterocycles. The Morgan fingerprint density at radius 2 is 1.34 bits per heavy atom. The summed E-state index contributed by atoms with van der Waals surface area (Å²) >= 11 is 0. The number of rotatable bonds is 10. The third kappa shape index (κ3) is 21.1. The van der Waals surface area contributed by atoms with Crippen molar-refractivity contribution in [1.82, 2.24) is 5.32 Å². The highest BCUT2D eigenvalue weighted by atomic mass is 16.5. The van der Waals surface area contributed by atoms with Crippen LogP contribution in [-0.2, 0) is 4.74 Å². The summed E-state index contributed by atoms with van der Waals surface area (Å²) in [6, 6.07) is 0. The number of fused-ring (bicyclic) bond motifs is 3. The van der Waals surface area contributed by atoms with Crippen molar-refractivity contribution in [2.75, 3.05) is 27.2 Å². The van der Waals surface area contributed by atoms with Crippen LogP contribution < -0.4 is 5.32 Å². The largest absolute Gasteiger partial charge is 0.501 e. The van der Waals surface area contributed by atoms with Crippen LogP contribution in [0.3, 0.4) is 0 Å². The normalized spacial score (nSPS) is 20.1. The molecule has 38 heavy (non-hydrogen) atoms. The van der Waals surface area contributed by atoms with E-state index in [1.165, 1.54) is 50.5 Å². The summed E-state index contributed by atoms with van der Waals surface area (Å²) in [5.74, 6) is 1.04. The van der Waals surface area contributed by atoms with Gasteiger partial charge in [0.2, 0.25) is 0 Å². The van der Waals surface area contributed by atoms with Crippen molar-refractivity contribution < 1.29 is 4.74 Å². The molecule has 0 unspecified atom stereocenters. The highest BCUT2D eigenvalue weighted by molar-refractivity contribution is 5.52. The van der Waals surface area contributed by atoms with E-state index < -0.39 is 0 Å². The van der Waals surface area contributed by atoms with Gasteiger partial charge in [-0.3, -0.25) is 4.99 Å². The molecule has 3 fully saturated rings. The molecule has 3 heteroatoms. The zero-order valence-electron chi connectivity index (χ0n) is 27.8. The van der Waals surface area contributed by atoms with Crippen LogP contribution in [0.15, 0.2) is 66.4 Å². The first kappa shape index (κ1) is 43.2. The van der Waals surface area contributed by atoms with Gasteiger partial charge in [0.15, 0.2) is 0 Å². The van der Waals surface area contributed by atoms with Crippen LogP contribution in [-0.4, -0.2) is 33.5 Å². The van der Waals surface area contributed by atoms with Crippen molar-refractivity contribution in [1.29, 1.82) is 0 Å². The minimum atomic E-state index is 0.330. The van der Waals surface area contributed by atoms with Gasteiger partial charge in [-0.1, -0.05) is 83.7 Å². The summed E-state index contributed by atoms with van der Waals surface area (Å²) in [5, 5.41) is 3.29. The lowest BCUT2D eigenvalue weighted by atomic mass is 9.52. The van der Waals surface area contributed by atoms with Crippen molar-refractivity contribution in [3.63, 3.8) is 0 Å². The van der Waals surface area contributed by atoms with Gasteiger partial charge in [0.05, 0.1) is 12.9 Å². The Kier molecular flexibility index (Phi) is 32.0. The molecule has 0 heterocycles. The van der Waals surface area contributed by atoms with Crippen molar-refractivity contribution >= 4 is 6.21 Å². The molecule has 0 radical (unpaired) electrons. The smallest absolute Gasteiger partial charge is 0.0945 e. The molecule has 0 amide bonds. The topological polar surface area (TPSA) is 33.6 Å². The van der Waals surface area contributed by atoms with Gasteiger partial charge >= 0.3 is 0 Å². The number of ether oxygens (including phenoxy) is 1. The van der Waals surface area contributed by atoms with Crippen molar-refractivity contribution in [2.24, 2.45) is 15.8 Å². The number of methoxy groups -OCH3 is 1. The van der Waals surface area contributed by atoms with Gasteiger partial charge in [-0.25, -0.2) is 0 Å². The van der Waals surface area contributed by atoms with Crippen molar-refractivity contribution in [2.45, 2.75) is 120 Å². The van der Waals surface area contributed by atoms with E-state index in [1.807, 2.05) is 55.4 Å². The lowest BCUT2D eigenvalue weighted by molar-refractivity contribution is -0.0192. The van der Waals surface area contributed by atoms with Crippen molar-refractivity contribution in [3.05, 3.63) is 61.4 Å². The van der Waals surface area contributed by atoms with Gasteiger partial charge in [0.1, 0.15) is 0 Å². The lowest BCUT2D eigenvalue weighted by Crippen LogP contribution is -2.43. The van der Waals surface area contributed by atoms with E-state index in [0.717, 1.165) is 42.8 Å². The first-order valence-corrected chi connectivity index (χ1v) is 14.9. The maximum atomic E-state index is 5.42. The molecular formula is C35H68N2O. The molecule has 0 aromatic heterocycles. The summed E-state index contributed by atoms with van der Waals surface area (Å²) in [6.45, 7) is 39.0. The van der Waals surface area contributed by atoms with E-state index in [-0.39, 0.29) is 0 Å². The Morgan fingerprint density at radius 1 is 0.895 bits per heavy atom. The number of nitrogens with one attached hydrogen (secondary N) is 1. The Hall–Kier alpha value is -1.87. The van der Waals surface area contributed by atoms with E-state index in [0.29, 0.717) is 10.8 Å². The molecule has 2 bridgehead atoms. The lowest BCUT2D eigenvalue weighted by Gasteiger charge is -2.53. The molecule has 3 nitrogen and oxygen atoms in total. The number of allylic oxidation sites excluding steroid dienone is 5. The van der Waals surface area contributed by atoms with E-state index >= 15 is 0 Å². The number of aliphatic imine (C=N–C) groups is 1. The number of nitrogens with zero attached hydrogens (tertiary/aromatic N) is 1. The van der Waals surface area contributed by atoms with E-state index in [2.05, 4.69) is 57.2 Å². The molecule has 3 aliphatic rings. The monoisotopic (exact) mass is 533 g/mol. The maximum Gasteiger partial charge on any atom is 0.0945 e. The fourth-order valence-corrected chi connectivity index (χ4v) is 4.31. The summed E-state index contributed by atoms with van der Waals surface area (Å²) in [5.41, 5.74) is 4.40. The average Bonchev–Trinajstić information content (AvgIpc) is 2.95. The second kappa shape index (κ2) is 28.1. The van der Waals surface area contributed by atoms with Gasteiger partial charge < -0.3 is 10.1 Å². The molecule has 0 spiro atoms. The summed E-state index contributed by atoms with van der Waals surface area (Å²) < 4.78 is 5.42. The predicted octanol–water partition coefficient (Wildman–Crippen LogP) is 10.9. The summed E-state index contributed by atoms with van der Waals surface area (Å²) in [7, 11) is 3.83. The molecule has 0 saturated heterocycles.